The summed E-state index contributed by atoms with van der Waals surface area (Å²) in [7, 11) is 0. The van der Waals surface area contributed by atoms with E-state index in [1.54, 1.807) is 0 Å². The zero-order chi connectivity index (χ0) is 9.28. The van der Waals surface area contributed by atoms with E-state index in [-0.39, 0.29) is 5.91 Å². The Morgan fingerprint density at radius 2 is 1.82 bits per heavy atom. The van der Waals surface area contributed by atoms with Crippen LogP contribution in [-0.2, 0) is 4.79 Å². The van der Waals surface area contributed by atoms with E-state index < -0.39 is 0 Å². The Morgan fingerprint density at radius 3 is 1.82 bits per heavy atom. The van der Waals surface area contributed by atoms with Crippen LogP contribution in [-0.4, -0.2) is 11.9 Å². The zero-order valence-corrected chi connectivity index (χ0v) is 7.76. The maximum atomic E-state index is 9.82. The molecule has 0 spiro atoms. The van der Waals surface area contributed by atoms with Crippen molar-refractivity contribution in [3.8, 4) is 0 Å². The van der Waals surface area contributed by atoms with Crippen LogP contribution in [0.5, 0.6) is 0 Å². The van der Waals surface area contributed by atoms with Gasteiger partial charge in [-0.25, -0.2) is 0 Å². The predicted molar refractivity (Wildman–Crippen MR) is 48.0 cm³/mol. The molecule has 0 radical (unpaired) electrons. The van der Waals surface area contributed by atoms with Gasteiger partial charge < -0.3 is 11.5 Å². The Morgan fingerprint density at radius 1 is 1.45 bits per heavy atom. The maximum Gasteiger partial charge on any atom is 0.217 e. The minimum atomic E-state index is -0.211. The van der Waals surface area contributed by atoms with Crippen LogP contribution in [0.3, 0.4) is 0 Å². The molecule has 0 aliphatic rings. The van der Waals surface area contributed by atoms with Gasteiger partial charge in [0, 0.05) is 12.5 Å². The maximum absolute atomic E-state index is 9.82. The largest absolute Gasteiger partial charge is 0.370 e. The van der Waals surface area contributed by atoms with Crippen molar-refractivity contribution in [1.29, 1.82) is 0 Å². The fourth-order valence-electron chi connectivity index (χ4n) is 0.246. The highest BCUT2D eigenvalue weighted by Gasteiger charge is 1.84. The predicted octanol–water partition coefficient (Wildman–Crippen LogP) is 1.02. The molecule has 0 rings (SSSR count). The lowest BCUT2D eigenvalue weighted by atomic mass is 10.3. The molecule has 0 saturated carbocycles. The second-order valence-corrected chi connectivity index (χ2v) is 2.60. The second-order valence-electron chi connectivity index (χ2n) is 2.60. The lowest BCUT2D eigenvalue weighted by molar-refractivity contribution is -0.118. The molecule has 0 aromatic carbocycles. The number of amides is 1. The molecule has 1 atom stereocenters. The third kappa shape index (κ3) is 26.5. The highest BCUT2D eigenvalue weighted by atomic mass is 16.1. The number of primary amides is 1. The quantitative estimate of drug-likeness (QED) is 0.647. The van der Waals surface area contributed by atoms with Crippen molar-refractivity contribution in [2.45, 2.75) is 46.1 Å². The number of carbonyl (C=O) groups excluding carboxylic acids is 1. The summed E-state index contributed by atoms with van der Waals surface area (Å²) in [6.07, 6.45) is 2.45. The van der Waals surface area contributed by atoms with E-state index in [0.717, 1.165) is 12.8 Å². The average Bonchev–Trinajstić information content (AvgIpc) is 1.89. The number of hydrogen-bond donors (Lipinski definition) is 2. The summed E-state index contributed by atoms with van der Waals surface area (Å²) in [5, 5.41) is 0. The number of carbonyl (C=O) groups is 1. The van der Waals surface area contributed by atoms with Gasteiger partial charge in [-0.1, -0.05) is 13.8 Å². The summed E-state index contributed by atoms with van der Waals surface area (Å²) in [5.74, 6) is -0.211. The van der Waals surface area contributed by atoms with Gasteiger partial charge in [0.05, 0.1) is 0 Å². The van der Waals surface area contributed by atoms with Gasteiger partial charge >= 0.3 is 0 Å². The fraction of sp³-hybridized carbons (Fsp3) is 0.875. The van der Waals surface area contributed by atoms with Gasteiger partial charge in [-0.2, -0.15) is 0 Å². The highest BCUT2D eigenvalue weighted by Crippen LogP contribution is 1.79. The van der Waals surface area contributed by atoms with Crippen LogP contribution in [0.15, 0.2) is 0 Å². The average molecular weight is 160 g/mol. The van der Waals surface area contributed by atoms with Crippen molar-refractivity contribution in [2.24, 2.45) is 11.5 Å². The molecule has 0 fully saturated rings. The molecule has 0 bridgehead atoms. The lowest BCUT2D eigenvalue weighted by Crippen LogP contribution is -2.11. The van der Waals surface area contributed by atoms with Crippen LogP contribution in [0.2, 0.25) is 0 Å². The third-order valence-corrected chi connectivity index (χ3v) is 1.14. The molecule has 11 heavy (non-hydrogen) atoms. The molecular formula is C8H20N2O. The van der Waals surface area contributed by atoms with E-state index in [0.29, 0.717) is 12.5 Å². The Labute approximate surface area is 69.1 Å². The third-order valence-electron chi connectivity index (χ3n) is 1.14. The van der Waals surface area contributed by atoms with Gasteiger partial charge in [-0.3, -0.25) is 4.79 Å². The standard InChI is InChI=1S/C4H9NO.C4H11N/c1-2-3-4(5)6;1-3-4(2)5/h2-3H2,1H3,(H2,5,6);4H,3,5H2,1-2H3. The van der Waals surface area contributed by atoms with Gasteiger partial charge in [0.1, 0.15) is 0 Å². The van der Waals surface area contributed by atoms with Crippen molar-refractivity contribution in [1.82, 2.24) is 0 Å². The minimum absolute atomic E-state index is 0.211. The zero-order valence-electron chi connectivity index (χ0n) is 7.76. The first-order valence-corrected chi connectivity index (χ1v) is 4.08. The van der Waals surface area contributed by atoms with E-state index in [9.17, 15) is 4.79 Å². The lowest BCUT2D eigenvalue weighted by Gasteiger charge is -1.91. The SMILES string of the molecule is CCC(C)N.CCCC(N)=O. The van der Waals surface area contributed by atoms with Crippen molar-refractivity contribution in [3.05, 3.63) is 0 Å². The fourth-order valence-corrected chi connectivity index (χ4v) is 0.246. The first-order chi connectivity index (χ1) is 5.04. The summed E-state index contributed by atoms with van der Waals surface area (Å²) in [6.45, 7) is 6.00. The highest BCUT2D eigenvalue weighted by molar-refractivity contribution is 5.73. The molecule has 0 aliphatic carbocycles. The van der Waals surface area contributed by atoms with Crippen LogP contribution in [0.4, 0.5) is 0 Å². The Bertz CT molecular complexity index is 92.1. The van der Waals surface area contributed by atoms with Crippen LogP contribution in [0, 0.1) is 0 Å². The van der Waals surface area contributed by atoms with E-state index in [1.165, 1.54) is 0 Å². The monoisotopic (exact) mass is 160 g/mol. The van der Waals surface area contributed by atoms with E-state index in [4.69, 9.17) is 11.5 Å². The Balaban J connectivity index is 0. The Kier molecular flexibility index (Phi) is 11.2. The number of rotatable bonds is 3. The smallest absolute Gasteiger partial charge is 0.217 e. The summed E-state index contributed by atoms with van der Waals surface area (Å²) in [4.78, 5) is 9.82. The molecule has 1 amide bonds. The molecule has 0 aromatic heterocycles. The number of nitrogens with two attached hydrogens (primary N) is 2. The minimum Gasteiger partial charge on any atom is -0.370 e. The van der Waals surface area contributed by atoms with Crippen LogP contribution in [0.25, 0.3) is 0 Å². The second kappa shape index (κ2) is 9.43. The van der Waals surface area contributed by atoms with Crippen molar-refractivity contribution in [3.63, 3.8) is 0 Å². The van der Waals surface area contributed by atoms with E-state index >= 15 is 0 Å². The molecule has 0 heterocycles. The molecule has 3 heteroatoms. The molecule has 0 aromatic rings. The molecule has 68 valence electrons. The van der Waals surface area contributed by atoms with Gasteiger partial charge in [0.25, 0.3) is 0 Å². The van der Waals surface area contributed by atoms with Crippen molar-refractivity contribution >= 4 is 5.91 Å². The van der Waals surface area contributed by atoms with Gasteiger partial charge in [0.15, 0.2) is 0 Å². The topological polar surface area (TPSA) is 69.1 Å². The summed E-state index contributed by atoms with van der Waals surface area (Å²) >= 11 is 0. The van der Waals surface area contributed by atoms with Crippen molar-refractivity contribution in [2.75, 3.05) is 0 Å². The molecule has 0 saturated heterocycles. The van der Waals surface area contributed by atoms with Gasteiger partial charge in [-0.05, 0) is 19.8 Å². The first kappa shape index (κ1) is 13.1. The summed E-state index contributed by atoms with van der Waals surface area (Å²) < 4.78 is 0. The summed E-state index contributed by atoms with van der Waals surface area (Å²) in [5.41, 5.74) is 10.1. The molecular weight excluding hydrogens is 140 g/mol. The van der Waals surface area contributed by atoms with E-state index in [1.807, 2.05) is 13.8 Å². The van der Waals surface area contributed by atoms with Crippen LogP contribution in [0.1, 0.15) is 40.0 Å². The van der Waals surface area contributed by atoms with Gasteiger partial charge in [-0.15, -0.1) is 0 Å². The summed E-state index contributed by atoms with van der Waals surface area (Å²) in [6, 6.07) is 0.384. The van der Waals surface area contributed by atoms with Crippen LogP contribution < -0.4 is 11.5 Å². The molecule has 3 nitrogen and oxygen atoms in total. The van der Waals surface area contributed by atoms with Crippen LogP contribution >= 0.6 is 0 Å². The molecule has 1 unspecified atom stereocenters. The molecule has 0 aliphatic heterocycles. The molecule has 4 N–H and O–H groups in total. The Hall–Kier alpha value is -0.570. The normalized spacial score (nSPS) is 11.3. The van der Waals surface area contributed by atoms with Crippen molar-refractivity contribution < 1.29 is 4.79 Å². The van der Waals surface area contributed by atoms with E-state index in [2.05, 4.69) is 6.92 Å². The first-order valence-electron chi connectivity index (χ1n) is 4.08. The van der Waals surface area contributed by atoms with Gasteiger partial charge in [0.2, 0.25) is 5.91 Å². The number of hydrogen-bond acceptors (Lipinski definition) is 2.